The van der Waals surface area contributed by atoms with Crippen LogP contribution < -0.4 is 0 Å². The molecule has 0 fully saturated rings. The van der Waals surface area contributed by atoms with Gasteiger partial charge in [0.05, 0.1) is 0 Å². The minimum atomic E-state index is 1.10. The van der Waals surface area contributed by atoms with Crippen LogP contribution in [0, 0.1) is 0 Å². The summed E-state index contributed by atoms with van der Waals surface area (Å²) in [6.07, 6.45) is 14.8. The first-order valence-corrected chi connectivity index (χ1v) is 9.77. The fourth-order valence-electron chi connectivity index (χ4n) is 3.86. The predicted molar refractivity (Wildman–Crippen MR) is 110 cm³/mol. The maximum atomic E-state index is 3.81. The van der Waals surface area contributed by atoms with Gasteiger partial charge in [-0.15, -0.1) is 13.2 Å². The van der Waals surface area contributed by atoms with Crippen molar-refractivity contribution in [1.29, 1.82) is 0 Å². The summed E-state index contributed by atoms with van der Waals surface area (Å²) in [5.74, 6) is 0. The minimum Gasteiger partial charge on any atom is -0.103 e. The third-order valence-corrected chi connectivity index (χ3v) is 5.26. The van der Waals surface area contributed by atoms with Gasteiger partial charge in [-0.1, -0.05) is 48.6 Å². The van der Waals surface area contributed by atoms with E-state index in [0.717, 1.165) is 19.3 Å². The maximum Gasteiger partial charge on any atom is -0.00133 e. The largest absolute Gasteiger partial charge is 0.103 e. The van der Waals surface area contributed by atoms with E-state index in [9.17, 15) is 0 Å². The average molecular weight is 331 g/mol. The molecule has 0 nitrogen and oxygen atoms in total. The van der Waals surface area contributed by atoms with Crippen LogP contribution in [0.2, 0.25) is 0 Å². The highest BCUT2D eigenvalue weighted by atomic mass is 14.2. The average Bonchev–Trinajstić information content (AvgIpc) is 2.99. The number of rotatable bonds is 10. The van der Waals surface area contributed by atoms with Crippen LogP contribution in [0.3, 0.4) is 0 Å². The van der Waals surface area contributed by atoms with Gasteiger partial charge in [-0.05, 0) is 91.2 Å². The molecule has 0 atom stereocenters. The molecule has 0 aromatic heterocycles. The van der Waals surface area contributed by atoms with E-state index in [0.29, 0.717) is 0 Å². The van der Waals surface area contributed by atoms with Crippen LogP contribution in [0.4, 0.5) is 0 Å². The van der Waals surface area contributed by atoms with Gasteiger partial charge in [0.25, 0.3) is 0 Å². The summed E-state index contributed by atoms with van der Waals surface area (Å²) in [7, 11) is 0. The third kappa shape index (κ3) is 4.51. The normalized spacial score (nSPS) is 11.8. The van der Waals surface area contributed by atoms with Crippen molar-refractivity contribution in [3.05, 3.63) is 84.0 Å². The molecule has 130 valence electrons. The maximum absolute atomic E-state index is 3.81. The Kier molecular flexibility index (Phi) is 6.28. The Morgan fingerprint density at radius 2 is 1.16 bits per heavy atom. The zero-order chi connectivity index (χ0) is 17.5. The molecule has 0 N–H and O–H groups in total. The van der Waals surface area contributed by atoms with Crippen LogP contribution in [0.25, 0.3) is 11.1 Å². The minimum absolute atomic E-state index is 1.10. The fraction of sp³-hybridized carbons (Fsp3) is 0.360. The molecular weight excluding hydrogens is 300 g/mol. The highest BCUT2D eigenvalue weighted by Gasteiger charge is 2.18. The molecule has 0 radical (unpaired) electrons. The van der Waals surface area contributed by atoms with E-state index in [1.54, 1.807) is 0 Å². The molecule has 0 heterocycles. The molecule has 0 saturated heterocycles. The van der Waals surface area contributed by atoms with E-state index in [1.165, 1.54) is 71.9 Å². The predicted octanol–water partition coefficient (Wildman–Crippen LogP) is 7.06. The molecule has 1 aliphatic carbocycles. The lowest BCUT2D eigenvalue weighted by molar-refractivity contribution is 0.747. The summed E-state index contributed by atoms with van der Waals surface area (Å²) in [5.41, 5.74) is 8.90. The molecule has 0 saturated carbocycles. The first-order chi connectivity index (χ1) is 12.3. The van der Waals surface area contributed by atoms with Crippen LogP contribution in [0.5, 0.6) is 0 Å². The van der Waals surface area contributed by atoms with Crippen molar-refractivity contribution in [2.45, 2.75) is 57.8 Å². The Balaban J connectivity index is 1.64. The molecule has 0 unspecified atom stereocenters. The first kappa shape index (κ1) is 17.7. The van der Waals surface area contributed by atoms with E-state index in [-0.39, 0.29) is 0 Å². The van der Waals surface area contributed by atoms with E-state index in [4.69, 9.17) is 0 Å². The quantitative estimate of drug-likeness (QED) is 0.276. The summed E-state index contributed by atoms with van der Waals surface area (Å²) in [5, 5.41) is 0. The molecule has 0 bridgehead atoms. The van der Waals surface area contributed by atoms with Gasteiger partial charge in [0.2, 0.25) is 0 Å². The lowest BCUT2D eigenvalue weighted by atomic mass is 9.99. The van der Waals surface area contributed by atoms with Crippen molar-refractivity contribution in [3.8, 4) is 11.1 Å². The van der Waals surface area contributed by atoms with Gasteiger partial charge in [0.15, 0.2) is 0 Å². The van der Waals surface area contributed by atoms with Gasteiger partial charge in [-0.2, -0.15) is 0 Å². The highest BCUT2D eigenvalue weighted by Crippen LogP contribution is 2.37. The topological polar surface area (TPSA) is 0 Å². The second-order valence-electron chi connectivity index (χ2n) is 7.23. The van der Waals surface area contributed by atoms with E-state index < -0.39 is 0 Å². The Bertz CT molecular complexity index is 672. The Labute approximate surface area is 153 Å². The summed E-state index contributed by atoms with van der Waals surface area (Å²) in [4.78, 5) is 0. The number of hydrogen-bond acceptors (Lipinski definition) is 0. The molecule has 2 aromatic carbocycles. The van der Waals surface area contributed by atoms with Crippen LogP contribution in [-0.4, -0.2) is 0 Å². The van der Waals surface area contributed by atoms with Gasteiger partial charge in [-0.3, -0.25) is 0 Å². The van der Waals surface area contributed by atoms with Crippen LogP contribution in [0.15, 0.2) is 61.7 Å². The van der Waals surface area contributed by atoms with Gasteiger partial charge in [0.1, 0.15) is 0 Å². The van der Waals surface area contributed by atoms with Gasteiger partial charge in [0, 0.05) is 0 Å². The zero-order valence-electron chi connectivity index (χ0n) is 15.4. The van der Waals surface area contributed by atoms with Crippen molar-refractivity contribution in [1.82, 2.24) is 0 Å². The SMILES string of the molecule is C=CCCCCc1ccc2c(c1)Cc1cc(CCCCC=C)ccc1-2. The smallest absolute Gasteiger partial charge is 0.00133 e. The molecule has 1 aliphatic rings. The Hall–Kier alpha value is -2.08. The fourth-order valence-corrected chi connectivity index (χ4v) is 3.86. The lowest BCUT2D eigenvalue weighted by Gasteiger charge is -2.06. The van der Waals surface area contributed by atoms with Crippen molar-refractivity contribution in [2.75, 3.05) is 0 Å². The van der Waals surface area contributed by atoms with Crippen molar-refractivity contribution >= 4 is 0 Å². The van der Waals surface area contributed by atoms with Crippen molar-refractivity contribution < 1.29 is 0 Å². The van der Waals surface area contributed by atoms with Gasteiger partial charge in [-0.25, -0.2) is 0 Å². The van der Waals surface area contributed by atoms with E-state index >= 15 is 0 Å². The Morgan fingerprint density at radius 3 is 1.60 bits per heavy atom. The first-order valence-electron chi connectivity index (χ1n) is 9.77. The van der Waals surface area contributed by atoms with Crippen LogP contribution in [-0.2, 0) is 19.3 Å². The monoisotopic (exact) mass is 330 g/mol. The summed E-state index contributed by atoms with van der Waals surface area (Å²) in [6, 6.07) is 14.2. The standard InChI is InChI=1S/C25H30/c1-3-5-7-9-11-20-13-15-24-22(17-20)19-23-18-21(14-16-25(23)24)12-10-8-6-4-2/h3-4,13-18H,1-2,5-12,19H2. The number of hydrogen-bond donors (Lipinski definition) is 0. The van der Waals surface area contributed by atoms with Crippen LogP contribution >= 0.6 is 0 Å². The van der Waals surface area contributed by atoms with Gasteiger partial charge >= 0.3 is 0 Å². The second-order valence-corrected chi connectivity index (χ2v) is 7.23. The summed E-state index contributed by atoms with van der Waals surface area (Å²) in [6.45, 7) is 7.61. The summed E-state index contributed by atoms with van der Waals surface area (Å²) >= 11 is 0. The number of fused-ring (bicyclic) bond motifs is 3. The Morgan fingerprint density at radius 1 is 0.680 bits per heavy atom. The molecule has 0 amide bonds. The number of benzene rings is 2. The molecule has 2 aromatic rings. The number of unbranched alkanes of at least 4 members (excludes halogenated alkanes) is 4. The number of allylic oxidation sites excluding steroid dienone is 2. The molecule has 0 aliphatic heterocycles. The van der Waals surface area contributed by atoms with Gasteiger partial charge < -0.3 is 0 Å². The van der Waals surface area contributed by atoms with Crippen LogP contribution in [0.1, 0.15) is 60.8 Å². The summed E-state index contributed by atoms with van der Waals surface area (Å²) < 4.78 is 0. The van der Waals surface area contributed by atoms with E-state index in [1.807, 2.05) is 12.2 Å². The second kappa shape index (κ2) is 8.85. The molecule has 25 heavy (non-hydrogen) atoms. The molecule has 3 rings (SSSR count). The molecule has 0 spiro atoms. The van der Waals surface area contributed by atoms with Crippen molar-refractivity contribution in [2.24, 2.45) is 0 Å². The van der Waals surface area contributed by atoms with Crippen molar-refractivity contribution in [3.63, 3.8) is 0 Å². The number of aryl methyl sites for hydroxylation is 2. The molecular formula is C25H30. The third-order valence-electron chi connectivity index (χ3n) is 5.26. The highest BCUT2D eigenvalue weighted by molar-refractivity contribution is 5.77. The van der Waals surface area contributed by atoms with E-state index in [2.05, 4.69) is 49.6 Å². The zero-order valence-corrected chi connectivity index (χ0v) is 15.4. The lowest BCUT2D eigenvalue weighted by Crippen LogP contribution is -1.89. The molecule has 0 heteroatoms.